The predicted octanol–water partition coefficient (Wildman–Crippen LogP) is 1.37. The smallest absolute Gasteiger partial charge is 0.340 e. The normalized spacial score (nSPS) is 9.82. The predicted molar refractivity (Wildman–Crippen MR) is 62.9 cm³/mol. The van der Waals surface area contributed by atoms with E-state index in [1.54, 1.807) is 20.8 Å². The van der Waals surface area contributed by atoms with Crippen molar-refractivity contribution < 1.29 is 14.3 Å². The number of pyridine rings is 1. The van der Waals surface area contributed by atoms with Gasteiger partial charge in [0, 0.05) is 0 Å². The van der Waals surface area contributed by atoms with Crippen molar-refractivity contribution in [1.29, 1.82) is 0 Å². The SMILES string of the molecule is CCOC(=O)c1cc(NC(N)=O)c(C)nc1C. The first-order chi connectivity index (χ1) is 7.95. The molecule has 0 radical (unpaired) electrons. The van der Waals surface area contributed by atoms with Gasteiger partial charge in [-0.3, -0.25) is 4.98 Å². The minimum absolute atomic E-state index is 0.282. The molecular weight excluding hydrogens is 222 g/mol. The summed E-state index contributed by atoms with van der Waals surface area (Å²) in [6.07, 6.45) is 0. The lowest BCUT2D eigenvalue weighted by Gasteiger charge is -2.10. The summed E-state index contributed by atoms with van der Waals surface area (Å²) < 4.78 is 4.89. The Morgan fingerprint density at radius 3 is 2.59 bits per heavy atom. The topological polar surface area (TPSA) is 94.3 Å². The minimum atomic E-state index is -0.700. The maximum absolute atomic E-state index is 11.6. The Balaban J connectivity index is 3.14. The first kappa shape index (κ1) is 13.0. The Kier molecular flexibility index (Phi) is 4.03. The number of hydrogen-bond acceptors (Lipinski definition) is 4. The fourth-order valence-corrected chi connectivity index (χ4v) is 1.40. The highest BCUT2D eigenvalue weighted by atomic mass is 16.5. The Morgan fingerprint density at radius 1 is 1.41 bits per heavy atom. The maximum Gasteiger partial charge on any atom is 0.340 e. The van der Waals surface area contributed by atoms with Crippen LogP contribution >= 0.6 is 0 Å². The van der Waals surface area contributed by atoms with Crippen LogP contribution in [-0.2, 0) is 4.74 Å². The number of aromatic nitrogens is 1. The molecule has 2 amide bonds. The van der Waals surface area contributed by atoms with Gasteiger partial charge in [-0.25, -0.2) is 9.59 Å². The number of carbonyl (C=O) groups excluding carboxylic acids is 2. The number of hydrogen-bond donors (Lipinski definition) is 2. The molecule has 1 rings (SSSR count). The molecule has 0 fully saturated rings. The zero-order valence-electron chi connectivity index (χ0n) is 10.0. The van der Waals surface area contributed by atoms with Gasteiger partial charge in [-0.2, -0.15) is 0 Å². The van der Waals surface area contributed by atoms with Crippen LogP contribution in [0.2, 0.25) is 0 Å². The number of anilines is 1. The van der Waals surface area contributed by atoms with Crippen LogP contribution in [0.5, 0.6) is 0 Å². The number of carbonyl (C=O) groups is 2. The Morgan fingerprint density at radius 2 is 2.06 bits per heavy atom. The highest BCUT2D eigenvalue weighted by molar-refractivity contribution is 5.94. The van der Waals surface area contributed by atoms with Gasteiger partial charge in [-0.15, -0.1) is 0 Å². The van der Waals surface area contributed by atoms with E-state index in [1.807, 2.05) is 0 Å². The van der Waals surface area contributed by atoms with Crippen molar-refractivity contribution in [2.45, 2.75) is 20.8 Å². The minimum Gasteiger partial charge on any atom is -0.462 e. The highest BCUT2D eigenvalue weighted by Gasteiger charge is 2.14. The van der Waals surface area contributed by atoms with Gasteiger partial charge in [0.25, 0.3) is 0 Å². The van der Waals surface area contributed by atoms with Gasteiger partial charge < -0.3 is 15.8 Å². The first-order valence-electron chi connectivity index (χ1n) is 5.17. The Hall–Kier alpha value is -2.11. The zero-order valence-corrected chi connectivity index (χ0v) is 10.0. The molecule has 3 N–H and O–H groups in total. The van der Waals surface area contributed by atoms with Crippen molar-refractivity contribution in [1.82, 2.24) is 4.98 Å². The molecule has 0 atom stereocenters. The van der Waals surface area contributed by atoms with Gasteiger partial charge in [0.1, 0.15) is 0 Å². The fourth-order valence-electron chi connectivity index (χ4n) is 1.40. The van der Waals surface area contributed by atoms with E-state index in [0.29, 0.717) is 22.6 Å². The summed E-state index contributed by atoms with van der Waals surface area (Å²) >= 11 is 0. The second kappa shape index (κ2) is 5.29. The number of urea groups is 1. The number of rotatable bonds is 3. The van der Waals surface area contributed by atoms with Crippen LogP contribution in [0.3, 0.4) is 0 Å². The number of nitrogens with zero attached hydrogens (tertiary/aromatic N) is 1. The number of aryl methyl sites for hydroxylation is 2. The molecule has 1 aromatic heterocycles. The third kappa shape index (κ3) is 3.17. The standard InChI is InChI=1S/C11H15N3O3/c1-4-17-10(15)8-5-9(14-11(12)16)7(3)13-6(8)2/h5H,4H2,1-3H3,(H3,12,14,16). The molecule has 0 aliphatic heterocycles. The fraction of sp³-hybridized carbons (Fsp3) is 0.364. The number of primary amides is 1. The second-order valence-electron chi connectivity index (χ2n) is 3.46. The number of ether oxygens (including phenoxy) is 1. The van der Waals surface area contributed by atoms with Gasteiger partial charge in [0.15, 0.2) is 0 Å². The van der Waals surface area contributed by atoms with E-state index in [-0.39, 0.29) is 6.61 Å². The molecule has 1 heterocycles. The summed E-state index contributed by atoms with van der Waals surface area (Å²) in [5.41, 5.74) is 6.90. The molecule has 0 spiro atoms. The second-order valence-corrected chi connectivity index (χ2v) is 3.46. The molecule has 92 valence electrons. The lowest BCUT2D eigenvalue weighted by atomic mass is 10.1. The first-order valence-corrected chi connectivity index (χ1v) is 5.17. The molecule has 0 aliphatic carbocycles. The summed E-state index contributed by atoms with van der Waals surface area (Å²) in [7, 11) is 0. The van der Waals surface area contributed by atoms with E-state index < -0.39 is 12.0 Å². The lowest BCUT2D eigenvalue weighted by Crippen LogP contribution is -2.21. The maximum atomic E-state index is 11.6. The van der Waals surface area contributed by atoms with Gasteiger partial charge in [-0.1, -0.05) is 0 Å². The quantitative estimate of drug-likeness (QED) is 0.776. The molecule has 0 saturated carbocycles. The lowest BCUT2D eigenvalue weighted by molar-refractivity contribution is 0.0525. The molecule has 0 aliphatic rings. The monoisotopic (exact) mass is 237 g/mol. The van der Waals surface area contributed by atoms with E-state index in [4.69, 9.17) is 10.5 Å². The van der Waals surface area contributed by atoms with Crippen LogP contribution < -0.4 is 11.1 Å². The van der Waals surface area contributed by atoms with Crippen molar-refractivity contribution in [2.75, 3.05) is 11.9 Å². The average Bonchev–Trinajstić information content (AvgIpc) is 2.21. The molecule has 0 unspecified atom stereocenters. The molecule has 0 bridgehead atoms. The van der Waals surface area contributed by atoms with E-state index in [9.17, 15) is 9.59 Å². The molecule has 0 aromatic carbocycles. The molecule has 0 saturated heterocycles. The van der Waals surface area contributed by atoms with E-state index in [2.05, 4.69) is 10.3 Å². The number of amides is 2. The Bertz CT molecular complexity index is 458. The summed E-state index contributed by atoms with van der Waals surface area (Å²) in [5, 5.41) is 2.41. The van der Waals surface area contributed by atoms with Crippen LogP contribution in [-0.4, -0.2) is 23.6 Å². The van der Waals surface area contributed by atoms with Gasteiger partial charge >= 0.3 is 12.0 Å². The molecule has 1 aromatic rings. The van der Waals surface area contributed by atoms with E-state index in [0.717, 1.165) is 0 Å². The summed E-state index contributed by atoms with van der Waals surface area (Å²) in [6, 6.07) is 0.814. The van der Waals surface area contributed by atoms with Crippen molar-refractivity contribution >= 4 is 17.7 Å². The molecule has 6 heteroatoms. The summed E-state index contributed by atoms with van der Waals surface area (Å²) in [5.74, 6) is -0.468. The summed E-state index contributed by atoms with van der Waals surface area (Å²) in [6.45, 7) is 5.42. The average molecular weight is 237 g/mol. The number of nitrogens with one attached hydrogen (secondary N) is 1. The van der Waals surface area contributed by atoms with Crippen LogP contribution in [0.25, 0.3) is 0 Å². The van der Waals surface area contributed by atoms with Crippen molar-refractivity contribution in [3.05, 3.63) is 23.0 Å². The van der Waals surface area contributed by atoms with Gasteiger partial charge in [0.2, 0.25) is 0 Å². The van der Waals surface area contributed by atoms with Crippen molar-refractivity contribution in [2.24, 2.45) is 5.73 Å². The van der Waals surface area contributed by atoms with E-state index in [1.165, 1.54) is 6.07 Å². The van der Waals surface area contributed by atoms with Gasteiger partial charge in [-0.05, 0) is 26.8 Å². The molecular formula is C11H15N3O3. The third-order valence-electron chi connectivity index (χ3n) is 2.16. The molecule has 6 nitrogen and oxygen atoms in total. The van der Waals surface area contributed by atoms with Crippen LogP contribution in [0, 0.1) is 13.8 Å². The third-order valence-corrected chi connectivity index (χ3v) is 2.16. The zero-order chi connectivity index (χ0) is 13.0. The van der Waals surface area contributed by atoms with Crippen molar-refractivity contribution in [3.8, 4) is 0 Å². The van der Waals surface area contributed by atoms with Crippen LogP contribution in [0.1, 0.15) is 28.7 Å². The largest absolute Gasteiger partial charge is 0.462 e. The number of nitrogens with two attached hydrogens (primary N) is 1. The van der Waals surface area contributed by atoms with E-state index >= 15 is 0 Å². The highest BCUT2D eigenvalue weighted by Crippen LogP contribution is 2.18. The number of esters is 1. The summed E-state index contributed by atoms with van der Waals surface area (Å²) in [4.78, 5) is 26.5. The van der Waals surface area contributed by atoms with Crippen LogP contribution in [0.4, 0.5) is 10.5 Å². The Labute approximate surface area is 99.2 Å². The van der Waals surface area contributed by atoms with Crippen LogP contribution in [0.15, 0.2) is 6.07 Å². The van der Waals surface area contributed by atoms with Gasteiger partial charge in [0.05, 0.1) is 29.2 Å². The van der Waals surface area contributed by atoms with Crippen molar-refractivity contribution in [3.63, 3.8) is 0 Å². The molecule has 17 heavy (non-hydrogen) atoms.